The van der Waals surface area contributed by atoms with E-state index < -0.39 is 0 Å². The number of hydrogen-bond donors (Lipinski definition) is 1. The average Bonchev–Trinajstić information content (AvgIpc) is 2.57. The minimum Gasteiger partial charge on any atom is -0.286 e. The van der Waals surface area contributed by atoms with Crippen LogP contribution in [0.4, 0.5) is 0 Å². The molecule has 0 bridgehead atoms. The van der Waals surface area contributed by atoms with Gasteiger partial charge in [0, 0.05) is 13.0 Å². The van der Waals surface area contributed by atoms with Gasteiger partial charge in [0.15, 0.2) is 0 Å². The molecule has 138 valence electrons. The summed E-state index contributed by atoms with van der Waals surface area (Å²) in [6.07, 6.45) is 20.4. The summed E-state index contributed by atoms with van der Waals surface area (Å²) in [5, 5.41) is 10.0. The third-order valence-electron chi connectivity index (χ3n) is 4.58. The van der Waals surface area contributed by atoms with E-state index in [0.717, 1.165) is 17.9 Å². The monoisotopic (exact) mass is 327 g/mol. The predicted octanol–water partition coefficient (Wildman–Crippen LogP) is 6.49. The summed E-state index contributed by atoms with van der Waals surface area (Å²) in [4.78, 5) is 11.4. The number of carbonyl (C=O) groups is 1. The third kappa shape index (κ3) is 16.1. The molecule has 0 aromatic heterocycles. The van der Waals surface area contributed by atoms with Crippen molar-refractivity contribution in [2.75, 3.05) is 6.54 Å². The summed E-state index contributed by atoms with van der Waals surface area (Å²) in [6, 6.07) is 0. The fourth-order valence-electron chi connectivity index (χ4n) is 2.95. The van der Waals surface area contributed by atoms with Gasteiger partial charge in [-0.2, -0.15) is 0 Å². The Morgan fingerprint density at radius 3 is 1.35 bits per heavy atom. The molecule has 0 radical (unpaired) electrons. The first-order valence-electron chi connectivity index (χ1n) is 10.2. The Balaban J connectivity index is 3.09. The van der Waals surface area contributed by atoms with Crippen molar-refractivity contribution in [2.45, 2.75) is 117 Å². The summed E-state index contributed by atoms with van der Waals surface area (Å²) >= 11 is 0. The lowest BCUT2D eigenvalue weighted by atomic mass is 10.0. The van der Waals surface area contributed by atoms with E-state index in [1.54, 1.807) is 6.92 Å². The number of carbonyl (C=O) groups excluding carboxylic acids is 1. The minimum absolute atomic E-state index is 0.137. The van der Waals surface area contributed by atoms with Crippen LogP contribution in [0.5, 0.6) is 0 Å². The van der Waals surface area contributed by atoms with Crippen molar-refractivity contribution in [3.63, 3.8) is 0 Å². The summed E-state index contributed by atoms with van der Waals surface area (Å²) in [6.45, 7) is 4.44. The highest BCUT2D eigenvalue weighted by molar-refractivity contribution is 5.74. The average molecular weight is 328 g/mol. The van der Waals surface area contributed by atoms with Gasteiger partial charge in [-0.3, -0.25) is 10.0 Å². The van der Waals surface area contributed by atoms with Gasteiger partial charge in [0.05, 0.1) is 0 Å². The highest BCUT2D eigenvalue weighted by Crippen LogP contribution is 2.13. The van der Waals surface area contributed by atoms with Crippen molar-refractivity contribution < 1.29 is 10.0 Å². The Morgan fingerprint density at radius 1 is 0.652 bits per heavy atom. The molecule has 0 atom stereocenters. The standard InChI is InChI=1S/C20H41NO2/c1-3-5-6-7-8-9-10-11-12-13-14-15-16-17-18-19-20(22)21(23)4-2/h23H,3-19H2,1-2H3. The van der Waals surface area contributed by atoms with E-state index in [1.807, 2.05) is 0 Å². The normalized spacial score (nSPS) is 10.9. The predicted molar refractivity (Wildman–Crippen MR) is 98.7 cm³/mol. The summed E-state index contributed by atoms with van der Waals surface area (Å²) in [7, 11) is 0. The second-order valence-corrected chi connectivity index (χ2v) is 6.81. The van der Waals surface area contributed by atoms with E-state index in [-0.39, 0.29) is 5.91 Å². The summed E-state index contributed by atoms with van der Waals surface area (Å²) < 4.78 is 0. The van der Waals surface area contributed by atoms with Gasteiger partial charge in [0.1, 0.15) is 0 Å². The molecule has 0 rings (SSSR count). The van der Waals surface area contributed by atoms with E-state index in [9.17, 15) is 10.0 Å². The van der Waals surface area contributed by atoms with Crippen molar-refractivity contribution >= 4 is 5.91 Å². The zero-order chi connectivity index (χ0) is 17.2. The van der Waals surface area contributed by atoms with Gasteiger partial charge in [0.2, 0.25) is 5.91 Å². The second-order valence-electron chi connectivity index (χ2n) is 6.81. The smallest absolute Gasteiger partial charge is 0.245 e. The molecule has 23 heavy (non-hydrogen) atoms. The van der Waals surface area contributed by atoms with Gasteiger partial charge in [-0.1, -0.05) is 96.8 Å². The fraction of sp³-hybridized carbons (Fsp3) is 0.950. The van der Waals surface area contributed by atoms with Gasteiger partial charge in [-0.15, -0.1) is 0 Å². The van der Waals surface area contributed by atoms with E-state index in [1.165, 1.54) is 83.5 Å². The van der Waals surface area contributed by atoms with E-state index in [0.29, 0.717) is 13.0 Å². The first-order chi connectivity index (χ1) is 11.2. The molecular formula is C20H41NO2. The molecule has 0 aliphatic carbocycles. The topological polar surface area (TPSA) is 40.5 Å². The van der Waals surface area contributed by atoms with E-state index in [2.05, 4.69) is 6.92 Å². The van der Waals surface area contributed by atoms with E-state index in [4.69, 9.17) is 0 Å². The molecule has 0 fully saturated rings. The summed E-state index contributed by atoms with van der Waals surface area (Å²) in [5.74, 6) is -0.137. The lowest BCUT2D eigenvalue weighted by Crippen LogP contribution is -2.26. The van der Waals surface area contributed by atoms with Crippen LogP contribution in [-0.4, -0.2) is 22.7 Å². The SMILES string of the molecule is CCCCCCCCCCCCCCCCCC(=O)N(O)CC. The first-order valence-corrected chi connectivity index (χ1v) is 10.2. The van der Waals surface area contributed by atoms with Gasteiger partial charge in [0.25, 0.3) is 0 Å². The van der Waals surface area contributed by atoms with Crippen molar-refractivity contribution in [1.82, 2.24) is 5.06 Å². The third-order valence-corrected chi connectivity index (χ3v) is 4.58. The van der Waals surface area contributed by atoms with Crippen molar-refractivity contribution in [1.29, 1.82) is 0 Å². The minimum atomic E-state index is -0.137. The van der Waals surface area contributed by atoms with Crippen LogP contribution < -0.4 is 0 Å². The molecule has 0 unspecified atom stereocenters. The fourth-order valence-corrected chi connectivity index (χ4v) is 2.95. The van der Waals surface area contributed by atoms with Crippen LogP contribution in [0.15, 0.2) is 0 Å². The number of unbranched alkanes of at least 4 members (excludes halogenated alkanes) is 14. The molecule has 0 heterocycles. The van der Waals surface area contributed by atoms with Crippen LogP contribution in [0, 0.1) is 0 Å². The zero-order valence-corrected chi connectivity index (χ0v) is 15.8. The summed E-state index contributed by atoms with van der Waals surface area (Å²) in [5.41, 5.74) is 0. The maximum Gasteiger partial charge on any atom is 0.245 e. The molecule has 3 heteroatoms. The van der Waals surface area contributed by atoms with Crippen LogP contribution in [0.1, 0.15) is 117 Å². The van der Waals surface area contributed by atoms with Gasteiger partial charge < -0.3 is 0 Å². The quantitative estimate of drug-likeness (QED) is 0.188. The Hall–Kier alpha value is -0.570. The number of amides is 1. The van der Waals surface area contributed by atoms with Crippen LogP contribution in [0.25, 0.3) is 0 Å². The number of hydrogen-bond acceptors (Lipinski definition) is 2. The van der Waals surface area contributed by atoms with Crippen LogP contribution in [0.3, 0.4) is 0 Å². The number of rotatable bonds is 17. The molecule has 0 saturated carbocycles. The highest BCUT2D eigenvalue weighted by Gasteiger charge is 2.06. The lowest BCUT2D eigenvalue weighted by molar-refractivity contribution is -0.164. The molecular weight excluding hydrogens is 286 g/mol. The Morgan fingerprint density at radius 2 is 1.00 bits per heavy atom. The van der Waals surface area contributed by atoms with Crippen molar-refractivity contribution in [2.24, 2.45) is 0 Å². The molecule has 1 N–H and O–H groups in total. The van der Waals surface area contributed by atoms with Gasteiger partial charge in [-0.05, 0) is 13.3 Å². The Bertz CT molecular complexity index is 256. The van der Waals surface area contributed by atoms with Crippen LogP contribution in [-0.2, 0) is 4.79 Å². The van der Waals surface area contributed by atoms with Crippen LogP contribution in [0.2, 0.25) is 0 Å². The highest BCUT2D eigenvalue weighted by atomic mass is 16.5. The number of hydroxylamine groups is 2. The molecule has 0 aromatic rings. The molecule has 0 aromatic carbocycles. The molecule has 0 aliphatic heterocycles. The molecule has 0 saturated heterocycles. The Labute approximate surface area is 144 Å². The molecule has 0 spiro atoms. The van der Waals surface area contributed by atoms with Crippen molar-refractivity contribution in [3.8, 4) is 0 Å². The maximum absolute atomic E-state index is 11.4. The molecule has 0 aliphatic rings. The Kier molecular flexibility index (Phi) is 17.3. The van der Waals surface area contributed by atoms with Gasteiger partial charge >= 0.3 is 0 Å². The van der Waals surface area contributed by atoms with E-state index >= 15 is 0 Å². The second kappa shape index (κ2) is 17.8. The lowest BCUT2D eigenvalue weighted by Gasteiger charge is -2.11. The number of nitrogens with zero attached hydrogens (tertiary/aromatic N) is 1. The first kappa shape index (κ1) is 22.4. The van der Waals surface area contributed by atoms with Crippen LogP contribution >= 0.6 is 0 Å². The maximum atomic E-state index is 11.4. The molecule has 3 nitrogen and oxygen atoms in total. The van der Waals surface area contributed by atoms with Crippen molar-refractivity contribution in [3.05, 3.63) is 0 Å². The van der Waals surface area contributed by atoms with Gasteiger partial charge in [-0.25, -0.2) is 5.06 Å². The zero-order valence-electron chi connectivity index (χ0n) is 15.8. The molecule has 1 amide bonds. The largest absolute Gasteiger partial charge is 0.286 e.